The van der Waals surface area contributed by atoms with E-state index in [0.29, 0.717) is 11.1 Å². The Hall–Kier alpha value is -5.18. The first-order chi connectivity index (χ1) is 20.9. The summed E-state index contributed by atoms with van der Waals surface area (Å²) in [5.74, 6) is -1.98. The summed E-state index contributed by atoms with van der Waals surface area (Å²) in [6.07, 6.45) is 6.68. The predicted molar refractivity (Wildman–Crippen MR) is 172 cm³/mol. The van der Waals surface area contributed by atoms with Crippen LogP contribution in [0, 0.1) is 0 Å². The van der Waals surface area contributed by atoms with Crippen LogP contribution in [0.4, 0.5) is 11.4 Å². The fourth-order valence-electron chi connectivity index (χ4n) is 5.22. The fourth-order valence-corrected chi connectivity index (χ4v) is 5.22. The van der Waals surface area contributed by atoms with Crippen molar-refractivity contribution in [2.75, 3.05) is 38.0 Å². The monoisotopic (exact) mass is 590 g/mol. The summed E-state index contributed by atoms with van der Waals surface area (Å²) in [5.41, 5.74) is 3.83. The molecule has 2 aliphatic rings. The van der Waals surface area contributed by atoms with Gasteiger partial charge in [-0.1, -0.05) is 65.8 Å². The van der Waals surface area contributed by atoms with E-state index in [1.165, 1.54) is 24.3 Å². The average molecular weight is 591 g/mol. The highest BCUT2D eigenvalue weighted by molar-refractivity contribution is 5.91. The third kappa shape index (κ3) is 5.99. The summed E-state index contributed by atoms with van der Waals surface area (Å²) in [7, 11) is 7.80. The van der Waals surface area contributed by atoms with E-state index >= 15 is 0 Å². The second-order valence-electron chi connectivity index (χ2n) is 11.2. The van der Waals surface area contributed by atoms with Gasteiger partial charge < -0.3 is 40.4 Å². The molecule has 0 aliphatic heterocycles. The number of aliphatic hydroxyl groups is 2. The first kappa shape index (κ1) is 30.3. The van der Waals surface area contributed by atoms with E-state index < -0.39 is 35.2 Å². The molecule has 2 unspecified atom stereocenters. The first-order valence-electron chi connectivity index (χ1n) is 14.0. The normalized spacial score (nSPS) is 20.1. The van der Waals surface area contributed by atoms with E-state index in [0.717, 1.165) is 22.5 Å². The van der Waals surface area contributed by atoms with Crippen molar-refractivity contribution >= 4 is 35.2 Å². The van der Waals surface area contributed by atoms with Gasteiger partial charge in [-0.15, -0.1) is 5.76 Å². The molecule has 8 heteroatoms. The number of hydrogen-bond acceptors (Lipinski definition) is 8. The lowest BCUT2D eigenvalue weighted by Crippen LogP contribution is -2.44. The van der Waals surface area contributed by atoms with Crippen LogP contribution >= 0.6 is 0 Å². The molecule has 8 nitrogen and oxygen atoms in total. The molecule has 2 atom stereocenters. The Bertz CT molecular complexity index is 1730. The highest BCUT2D eigenvalue weighted by Gasteiger charge is 2.32. The first-order valence-corrected chi connectivity index (χ1v) is 14.0. The van der Waals surface area contributed by atoms with Crippen LogP contribution < -0.4 is 20.0 Å². The van der Waals surface area contributed by atoms with Crippen molar-refractivity contribution in [3.8, 4) is 11.5 Å². The van der Waals surface area contributed by atoms with E-state index in [1.807, 2.05) is 98.7 Å². The smallest absolute Gasteiger partial charge is 0.127 e. The number of nitrogens with zero attached hydrogens (tertiary/aromatic N) is 2. The van der Waals surface area contributed by atoms with Gasteiger partial charge in [-0.05, 0) is 70.8 Å². The van der Waals surface area contributed by atoms with Gasteiger partial charge in [-0.3, -0.25) is 0 Å². The van der Waals surface area contributed by atoms with Crippen molar-refractivity contribution in [1.29, 1.82) is 0 Å². The molecule has 3 aromatic carbocycles. The Morgan fingerprint density at radius 3 is 1.59 bits per heavy atom. The Morgan fingerprint density at radius 2 is 1.14 bits per heavy atom. The second-order valence-corrected chi connectivity index (χ2v) is 11.2. The topological polar surface area (TPSA) is 134 Å². The Labute approximate surface area is 256 Å². The van der Waals surface area contributed by atoms with Crippen LogP contribution in [0.2, 0.25) is 0 Å². The van der Waals surface area contributed by atoms with E-state index in [2.05, 4.69) is 0 Å². The van der Waals surface area contributed by atoms with Crippen LogP contribution in [0.25, 0.3) is 23.8 Å². The summed E-state index contributed by atoms with van der Waals surface area (Å²) in [5, 5.41) is 69.4. The molecule has 0 radical (unpaired) electrons. The average Bonchev–Trinajstić information content (AvgIpc) is 2.98. The van der Waals surface area contributed by atoms with Crippen LogP contribution in [0.3, 0.4) is 0 Å². The summed E-state index contributed by atoms with van der Waals surface area (Å²) in [4.78, 5) is 3.97. The maximum atomic E-state index is 13.2. The van der Waals surface area contributed by atoms with Crippen LogP contribution in [0.1, 0.15) is 22.3 Å². The summed E-state index contributed by atoms with van der Waals surface area (Å²) in [6.45, 7) is 0. The number of phenols is 2. The van der Waals surface area contributed by atoms with Crippen molar-refractivity contribution in [1.82, 2.24) is 0 Å². The quantitative estimate of drug-likeness (QED) is 0.304. The molecule has 226 valence electrons. The maximum Gasteiger partial charge on any atom is 0.127 e. The molecule has 0 saturated heterocycles. The van der Waals surface area contributed by atoms with Gasteiger partial charge in [-0.2, -0.15) is 0 Å². The third-order valence-electron chi connectivity index (χ3n) is 7.67. The van der Waals surface area contributed by atoms with Crippen LogP contribution in [-0.2, 0) is 0 Å². The molecule has 0 heterocycles. The summed E-state index contributed by atoms with van der Waals surface area (Å²) < 4.78 is 0. The number of hydrogen-bond donors (Lipinski definition) is 4. The number of allylic oxidation sites excluding steroid dienone is 3. The number of benzene rings is 3. The molecule has 0 bridgehead atoms. The molecule has 0 saturated carbocycles. The number of phenolic OH excluding ortho intramolecular Hbond substituents is 2. The molecular formula is C36H34N2O6-2. The predicted octanol–water partition coefficient (Wildman–Crippen LogP) is 3.97. The molecule has 3 aromatic rings. The highest BCUT2D eigenvalue weighted by atomic mass is 16.3. The lowest BCUT2D eigenvalue weighted by atomic mass is 9.76. The van der Waals surface area contributed by atoms with E-state index in [9.17, 15) is 30.6 Å². The van der Waals surface area contributed by atoms with Gasteiger partial charge in [-0.25, -0.2) is 0 Å². The number of aliphatic hydroxyl groups excluding tert-OH is 2. The zero-order valence-electron chi connectivity index (χ0n) is 24.9. The summed E-state index contributed by atoms with van der Waals surface area (Å²) in [6, 6.07) is 18.3. The Balaban J connectivity index is 1.37. The van der Waals surface area contributed by atoms with E-state index in [-0.39, 0.29) is 22.3 Å². The summed E-state index contributed by atoms with van der Waals surface area (Å²) >= 11 is 0. The minimum Gasteiger partial charge on any atom is -0.872 e. The minimum atomic E-state index is -1.78. The maximum absolute atomic E-state index is 13.2. The van der Waals surface area contributed by atoms with Crippen molar-refractivity contribution in [2.45, 2.75) is 12.2 Å². The molecule has 4 N–H and O–H groups in total. The molecule has 2 aliphatic carbocycles. The van der Waals surface area contributed by atoms with Crippen LogP contribution in [0.15, 0.2) is 107 Å². The van der Waals surface area contributed by atoms with Crippen molar-refractivity contribution in [3.63, 3.8) is 0 Å². The molecule has 5 rings (SSSR count). The van der Waals surface area contributed by atoms with Gasteiger partial charge >= 0.3 is 0 Å². The standard InChI is InChI=1S/C36H35N2O6/c1-37(2)25-13-9-21(10-14-25)5-7-23-17-27(39)31(28(40)18-23)33-35(43)34(36(33)44)32-29(41)19-24(20-30(32)42)8-6-22-11-15-26(16-12-22)38(3)4/h5-20,27,35,39-42,44H,1-4H3/q-1/p-1/b7-5+,8-6+,33-31+. The zero-order valence-corrected chi connectivity index (χ0v) is 24.9. The highest BCUT2D eigenvalue weighted by Crippen LogP contribution is 2.47. The van der Waals surface area contributed by atoms with Crippen molar-refractivity contribution in [2.24, 2.45) is 0 Å². The molecule has 44 heavy (non-hydrogen) atoms. The van der Waals surface area contributed by atoms with E-state index in [1.54, 1.807) is 12.2 Å². The molecule has 0 fully saturated rings. The van der Waals surface area contributed by atoms with Gasteiger partial charge in [0.05, 0.1) is 5.56 Å². The van der Waals surface area contributed by atoms with Crippen molar-refractivity contribution in [3.05, 3.63) is 129 Å². The number of aromatic hydroxyl groups is 2. The Morgan fingerprint density at radius 1 is 0.659 bits per heavy atom. The molecule has 0 aromatic heterocycles. The number of rotatable bonds is 7. The third-order valence-corrected chi connectivity index (χ3v) is 7.67. The minimum absolute atomic E-state index is 0.176. The Kier molecular flexibility index (Phi) is 8.40. The zero-order chi connectivity index (χ0) is 31.7. The van der Waals surface area contributed by atoms with Gasteiger partial charge in [0.2, 0.25) is 0 Å². The van der Waals surface area contributed by atoms with Gasteiger partial charge in [0.1, 0.15) is 23.4 Å². The van der Waals surface area contributed by atoms with E-state index in [4.69, 9.17) is 0 Å². The van der Waals surface area contributed by atoms with Crippen LogP contribution in [0.5, 0.6) is 11.5 Å². The van der Waals surface area contributed by atoms with Crippen molar-refractivity contribution < 1.29 is 30.6 Å². The van der Waals surface area contributed by atoms with Gasteiger partial charge in [0, 0.05) is 45.1 Å². The van der Waals surface area contributed by atoms with Gasteiger partial charge in [0.25, 0.3) is 0 Å². The second kappa shape index (κ2) is 12.2. The SMILES string of the molecule is CN(C)c1ccc(/C=C/C2=CC(O)/C(=C3\C([O-])=C(c4c(O)cc(/C=C/c5ccc(N(C)C)cc5)cc4O)C3[O-])C(O)=C2)cc1. The lowest BCUT2D eigenvalue weighted by molar-refractivity contribution is -0.404. The number of anilines is 2. The van der Waals surface area contributed by atoms with Crippen LogP contribution in [-0.4, -0.2) is 60.8 Å². The molecule has 0 spiro atoms. The fraction of sp³-hybridized carbons (Fsp3) is 0.167. The van der Waals surface area contributed by atoms with Gasteiger partial charge in [0.15, 0.2) is 0 Å². The molecule has 0 amide bonds. The molecular weight excluding hydrogens is 556 g/mol. The lowest BCUT2D eigenvalue weighted by Gasteiger charge is -2.48. The largest absolute Gasteiger partial charge is 0.872 e.